The van der Waals surface area contributed by atoms with Crippen molar-refractivity contribution in [3.63, 3.8) is 0 Å². The maximum atomic E-state index is 14.6. The molecule has 1 unspecified atom stereocenters. The zero-order valence-electron chi connectivity index (χ0n) is 23.1. The summed E-state index contributed by atoms with van der Waals surface area (Å²) < 4.78 is 6.74. The zero-order valence-corrected chi connectivity index (χ0v) is 23.9. The van der Waals surface area contributed by atoms with Gasteiger partial charge in [0, 0.05) is 18.8 Å². The number of aliphatic hydroxyl groups is 1. The highest BCUT2D eigenvalue weighted by atomic mass is 35.5. The number of hydrogen-bond donors (Lipinski definition) is 1. The molecule has 0 radical (unpaired) electrons. The van der Waals surface area contributed by atoms with Gasteiger partial charge in [-0.1, -0.05) is 86.5 Å². The number of carbonyl (C=O) groups is 3. The third-order valence-electron chi connectivity index (χ3n) is 9.15. The molecule has 9 heteroatoms. The lowest BCUT2D eigenvalue weighted by molar-refractivity contribution is -0.145. The highest BCUT2D eigenvalue weighted by Crippen LogP contribution is 2.55. The molecule has 1 N–H and O–H groups in total. The Labute approximate surface area is 244 Å². The van der Waals surface area contributed by atoms with Crippen LogP contribution in [-0.2, 0) is 19.1 Å². The van der Waals surface area contributed by atoms with E-state index in [1.807, 2.05) is 68.5 Å². The van der Waals surface area contributed by atoms with E-state index in [0.29, 0.717) is 23.7 Å². The number of para-hydroxylation sites is 2. The Kier molecular flexibility index (Phi) is 7.26. The van der Waals surface area contributed by atoms with E-state index in [9.17, 15) is 19.5 Å². The highest BCUT2D eigenvalue weighted by Gasteiger charge is 2.72. The largest absolute Gasteiger partial charge is 0.394 e. The van der Waals surface area contributed by atoms with Crippen LogP contribution in [0.4, 0.5) is 11.4 Å². The number of aliphatic hydroxyl groups excluding tert-OH is 1. The lowest BCUT2D eigenvalue weighted by atomic mass is 9.77. The minimum Gasteiger partial charge on any atom is -0.394 e. The zero-order chi connectivity index (χ0) is 28.9. The van der Waals surface area contributed by atoms with Gasteiger partial charge in [-0.15, -0.1) is 0 Å². The highest BCUT2D eigenvalue weighted by molar-refractivity contribution is 6.34. The maximum absolute atomic E-state index is 14.6. The fraction of sp³-hybridized carbons (Fsp3) is 0.406. The number of likely N-dealkylation sites (tertiary alicyclic amines) is 1. The van der Waals surface area contributed by atoms with Crippen molar-refractivity contribution in [2.24, 2.45) is 17.8 Å². The molecule has 2 fully saturated rings. The van der Waals surface area contributed by atoms with E-state index in [1.54, 1.807) is 34.1 Å². The number of fused-ring (bicyclic) bond motifs is 2. The second kappa shape index (κ2) is 10.7. The fourth-order valence-corrected chi connectivity index (χ4v) is 7.21. The predicted octanol–water partition coefficient (Wildman–Crippen LogP) is 3.83. The Morgan fingerprint density at radius 1 is 0.976 bits per heavy atom. The molecule has 41 heavy (non-hydrogen) atoms. The third kappa shape index (κ3) is 4.23. The van der Waals surface area contributed by atoms with Crippen LogP contribution in [0.5, 0.6) is 0 Å². The first kappa shape index (κ1) is 27.7. The molecule has 0 bridgehead atoms. The van der Waals surface area contributed by atoms with Crippen molar-refractivity contribution in [1.29, 1.82) is 0 Å². The molecule has 1 spiro atoms. The molecule has 214 valence electrons. The van der Waals surface area contributed by atoms with Crippen LogP contribution >= 0.6 is 11.6 Å². The molecule has 8 nitrogen and oxygen atoms in total. The van der Waals surface area contributed by atoms with Gasteiger partial charge in [0.1, 0.15) is 11.6 Å². The molecule has 3 amide bonds. The number of amides is 3. The van der Waals surface area contributed by atoms with E-state index in [0.717, 1.165) is 5.69 Å². The number of benzene rings is 2. The summed E-state index contributed by atoms with van der Waals surface area (Å²) in [6, 6.07) is 14.7. The topological polar surface area (TPSA) is 90.4 Å². The summed E-state index contributed by atoms with van der Waals surface area (Å²) in [6.07, 6.45) is 7.38. The van der Waals surface area contributed by atoms with Crippen LogP contribution in [0.25, 0.3) is 0 Å². The predicted molar refractivity (Wildman–Crippen MR) is 156 cm³/mol. The van der Waals surface area contributed by atoms with Gasteiger partial charge < -0.3 is 24.5 Å². The Balaban J connectivity index is 1.49. The minimum atomic E-state index is -1.39. The van der Waals surface area contributed by atoms with Gasteiger partial charge in [0.2, 0.25) is 11.8 Å². The summed E-state index contributed by atoms with van der Waals surface area (Å²) in [5.41, 5.74) is -0.132. The van der Waals surface area contributed by atoms with Crippen molar-refractivity contribution in [3.05, 3.63) is 83.9 Å². The molecular weight excluding hydrogens is 542 g/mol. The first-order chi connectivity index (χ1) is 19.8. The van der Waals surface area contributed by atoms with Crippen LogP contribution in [0.2, 0.25) is 5.02 Å². The second-order valence-corrected chi connectivity index (χ2v) is 11.6. The number of nitrogens with zero attached hydrogens (tertiary/aromatic N) is 3. The molecule has 2 aromatic carbocycles. The van der Waals surface area contributed by atoms with Crippen molar-refractivity contribution in [3.8, 4) is 0 Å². The van der Waals surface area contributed by atoms with E-state index in [4.69, 9.17) is 16.3 Å². The van der Waals surface area contributed by atoms with Crippen molar-refractivity contribution in [2.45, 2.75) is 44.1 Å². The van der Waals surface area contributed by atoms with Crippen molar-refractivity contribution < 1.29 is 24.2 Å². The smallest absolute Gasteiger partial charge is 0.253 e. The molecule has 2 saturated heterocycles. The average molecular weight is 576 g/mol. The number of anilines is 2. The summed E-state index contributed by atoms with van der Waals surface area (Å²) in [5, 5.41) is 11.0. The van der Waals surface area contributed by atoms with E-state index in [1.165, 1.54) is 4.90 Å². The summed E-state index contributed by atoms with van der Waals surface area (Å²) in [5.74, 6) is -2.81. The molecule has 4 heterocycles. The Bertz CT molecular complexity index is 1410. The Morgan fingerprint density at radius 2 is 1.68 bits per heavy atom. The Hall–Kier alpha value is -3.46. The lowest BCUT2D eigenvalue weighted by Crippen LogP contribution is -2.59. The molecule has 7 atom stereocenters. The van der Waals surface area contributed by atoms with Crippen LogP contribution in [0.15, 0.2) is 78.9 Å². The monoisotopic (exact) mass is 575 g/mol. The first-order valence-corrected chi connectivity index (χ1v) is 14.6. The molecule has 4 aliphatic heterocycles. The molecule has 4 aliphatic rings. The van der Waals surface area contributed by atoms with Gasteiger partial charge in [0.15, 0.2) is 0 Å². The lowest BCUT2D eigenvalue weighted by Gasteiger charge is -2.40. The molecule has 0 aliphatic carbocycles. The van der Waals surface area contributed by atoms with E-state index in [-0.39, 0.29) is 36.8 Å². The van der Waals surface area contributed by atoms with Gasteiger partial charge in [-0.05, 0) is 30.2 Å². The van der Waals surface area contributed by atoms with Crippen molar-refractivity contribution in [2.75, 3.05) is 29.5 Å². The van der Waals surface area contributed by atoms with Crippen molar-refractivity contribution in [1.82, 2.24) is 4.90 Å². The quantitative estimate of drug-likeness (QED) is 0.529. The summed E-state index contributed by atoms with van der Waals surface area (Å²) in [4.78, 5) is 48.2. The van der Waals surface area contributed by atoms with E-state index >= 15 is 0 Å². The Morgan fingerprint density at radius 3 is 2.39 bits per heavy atom. The molecule has 0 aromatic heterocycles. The molecule has 2 aromatic rings. The SMILES string of the molecule is CC[C@H](C)[C@H](CO)N1C(=O)[C@@H]2[C@H]3C(=O)N(c4ccccc4)CC=C[C@H]3O[C@@]23C=CCN(c2ccccc2Cl)C(=O)C13. The third-order valence-corrected chi connectivity index (χ3v) is 9.47. The molecular formula is C32H34ClN3O5. The normalized spacial score (nSPS) is 30.5. The summed E-state index contributed by atoms with van der Waals surface area (Å²) >= 11 is 6.54. The first-order valence-electron chi connectivity index (χ1n) is 14.2. The standard InChI is InChI=1S/C32H34ClN3O5/c1-3-20(2)24(19-37)36-28-31(40)35(23-14-8-7-13-22(23)33)18-10-16-32(28)27(30(36)39)26-25(41-32)15-9-17-34(29(26)38)21-11-5-4-6-12-21/h4-16,20,24-28,37H,3,17-19H2,1-2H3/t20-,24-,25+,26-,27-,28?,32-/m0/s1. The summed E-state index contributed by atoms with van der Waals surface area (Å²) in [7, 11) is 0. The number of ether oxygens (including phenoxy) is 1. The van der Waals surface area contributed by atoms with Gasteiger partial charge in [0.05, 0.1) is 41.3 Å². The minimum absolute atomic E-state index is 0.102. The fourth-order valence-electron chi connectivity index (χ4n) is 6.97. The second-order valence-electron chi connectivity index (χ2n) is 11.2. The molecule has 0 saturated carbocycles. The van der Waals surface area contributed by atoms with E-state index < -0.39 is 35.6 Å². The van der Waals surface area contributed by atoms with Crippen molar-refractivity contribution >= 4 is 40.7 Å². The van der Waals surface area contributed by atoms with Crippen LogP contribution in [-0.4, -0.2) is 71.2 Å². The van der Waals surface area contributed by atoms with Gasteiger partial charge >= 0.3 is 0 Å². The van der Waals surface area contributed by atoms with Crippen LogP contribution in [0.3, 0.4) is 0 Å². The molecule has 6 rings (SSSR count). The maximum Gasteiger partial charge on any atom is 0.253 e. The van der Waals surface area contributed by atoms with Crippen LogP contribution < -0.4 is 9.80 Å². The number of rotatable bonds is 6. The van der Waals surface area contributed by atoms with Gasteiger partial charge in [0.25, 0.3) is 5.91 Å². The van der Waals surface area contributed by atoms with Gasteiger partial charge in [-0.2, -0.15) is 0 Å². The van der Waals surface area contributed by atoms with E-state index in [2.05, 4.69) is 0 Å². The van der Waals surface area contributed by atoms with Gasteiger partial charge in [-0.3, -0.25) is 14.4 Å². The average Bonchev–Trinajstić information content (AvgIpc) is 3.30. The number of hydrogen-bond acceptors (Lipinski definition) is 5. The van der Waals surface area contributed by atoms with Crippen LogP contribution in [0.1, 0.15) is 20.3 Å². The number of halogens is 1. The van der Waals surface area contributed by atoms with Gasteiger partial charge in [-0.25, -0.2) is 0 Å². The van der Waals surface area contributed by atoms with Crippen LogP contribution in [0, 0.1) is 17.8 Å². The summed E-state index contributed by atoms with van der Waals surface area (Å²) in [6.45, 7) is 4.20. The number of carbonyl (C=O) groups excluding carboxylic acids is 3.